The molecule has 0 aliphatic carbocycles. The fourth-order valence-corrected chi connectivity index (χ4v) is 1.13. The van der Waals surface area contributed by atoms with Gasteiger partial charge in [0, 0.05) is 37.8 Å². The second-order valence-corrected chi connectivity index (χ2v) is 3.49. The highest BCUT2D eigenvalue weighted by Gasteiger charge is 2.30. The first-order valence-corrected chi connectivity index (χ1v) is 5.15. The summed E-state index contributed by atoms with van der Waals surface area (Å²) in [5.41, 5.74) is -0.621. The van der Waals surface area contributed by atoms with E-state index in [1.54, 1.807) is 0 Å². The Bertz CT molecular complexity index is 486. The van der Waals surface area contributed by atoms with Crippen molar-refractivity contribution >= 4 is 5.91 Å². The third-order valence-corrected chi connectivity index (χ3v) is 1.92. The lowest BCUT2D eigenvalue weighted by atomic mass is 10.2. The molecular weight excluding hydrogens is 245 g/mol. The van der Waals surface area contributed by atoms with E-state index in [1.807, 2.05) is 0 Å². The molecule has 0 fully saturated rings. The number of hydrogen-bond acceptors (Lipinski definition) is 2. The zero-order chi connectivity index (χ0) is 13.6. The van der Waals surface area contributed by atoms with Gasteiger partial charge in [-0.3, -0.25) is 9.78 Å². The summed E-state index contributed by atoms with van der Waals surface area (Å²) >= 11 is 0. The van der Waals surface area contributed by atoms with E-state index in [1.165, 1.54) is 13.1 Å². The van der Waals surface area contributed by atoms with Gasteiger partial charge >= 0.3 is 6.18 Å². The molecule has 0 atom stereocenters. The third-order valence-electron chi connectivity index (χ3n) is 1.92. The van der Waals surface area contributed by atoms with Crippen LogP contribution in [0.5, 0.6) is 0 Å². The van der Waals surface area contributed by atoms with Gasteiger partial charge in [0.05, 0.1) is 5.56 Å². The van der Waals surface area contributed by atoms with E-state index < -0.39 is 11.7 Å². The van der Waals surface area contributed by atoms with Gasteiger partial charge in [-0.2, -0.15) is 13.2 Å². The minimum atomic E-state index is -4.42. The number of carbonyl (C=O) groups is 1. The van der Waals surface area contributed by atoms with Crippen molar-refractivity contribution in [3.05, 3.63) is 29.6 Å². The minimum Gasteiger partial charge on any atom is -0.355 e. The van der Waals surface area contributed by atoms with Gasteiger partial charge in [-0.05, 0) is 6.07 Å². The summed E-state index contributed by atoms with van der Waals surface area (Å²) in [5.74, 6) is 5.06. The molecule has 1 rings (SSSR count). The average molecular weight is 256 g/mol. The van der Waals surface area contributed by atoms with Crippen LogP contribution in [0.1, 0.15) is 24.5 Å². The highest BCUT2D eigenvalue weighted by Crippen LogP contribution is 2.28. The number of rotatable bonds is 2. The monoisotopic (exact) mass is 256 g/mol. The van der Waals surface area contributed by atoms with Crippen molar-refractivity contribution in [3.63, 3.8) is 0 Å². The van der Waals surface area contributed by atoms with E-state index in [0.29, 0.717) is 13.0 Å². The molecule has 0 spiro atoms. The molecule has 0 saturated carbocycles. The third kappa shape index (κ3) is 4.87. The van der Waals surface area contributed by atoms with Gasteiger partial charge in [0.25, 0.3) is 0 Å². The second kappa shape index (κ2) is 6.05. The number of alkyl halides is 3. The van der Waals surface area contributed by atoms with E-state index in [4.69, 9.17) is 0 Å². The Morgan fingerprint density at radius 1 is 1.44 bits per heavy atom. The number of nitrogens with zero attached hydrogens (tertiary/aromatic N) is 1. The molecule has 1 heterocycles. The van der Waals surface area contributed by atoms with Crippen LogP contribution in [0.2, 0.25) is 0 Å². The number of aromatic nitrogens is 1. The number of halogens is 3. The van der Waals surface area contributed by atoms with E-state index in [9.17, 15) is 18.0 Å². The van der Waals surface area contributed by atoms with Crippen LogP contribution in [0.3, 0.4) is 0 Å². The lowest BCUT2D eigenvalue weighted by Gasteiger charge is -2.05. The van der Waals surface area contributed by atoms with Crippen molar-refractivity contribution in [1.29, 1.82) is 0 Å². The molecule has 96 valence electrons. The summed E-state index contributed by atoms with van der Waals surface area (Å²) < 4.78 is 37.1. The maximum absolute atomic E-state index is 12.4. The molecule has 0 radical (unpaired) electrons. The van der Waals surface area contributed by atoms with Crippen molar-refractivity contribution in [3.8, 4) is 11.8 Å². The van der Waals surface area contributed by atoms with Gasteiger partial charge < -0.3 is 5.32 Å². The van der Waals surface area contributed by atoms with Crippen LogP contribution in [-0.4, -0.2) is 17.4 Å². The summed E-state index contributed by atoms with van der Waals surface area (Å²) in [7, 11) is 0. The van der Waals surface area contributed by atoms with E-state index in [0.717, 1.165) is 12.3 Å². The van der Waals surface area contributed by atoms with Gasteiger partial charge in [0.15, 0.2) is 0 Å². The summed E-state index contributed by atoms with van der Waals surface area (Å²) in [6.45, 7) is 1.75. The molecule has 1 aromatic heterocycles. The highest BCUT2D eigenvalue weighted by atomic mass is 19.4. The fraction of sp³-hybridized carbons (Fsp3) is 0.333. The fourth-order valence-electron chi connectivity index (χ4n) is 1.13. The summed E-state index contributed by atoms with van der Waals surface area (Å²) in [4.78, 5) is 14.0. The van der Waals surface area contributed by atoms with Crippen LogP contribution < -0.4 is 5.32 Å². The normalized spacial score (nSPS) is 10.4. The van der Waals surface area contributed by atoms with Crippen LogP contribution >= 0.6 is 0 Å². The van der Waals surface area contributed by atoms with Gasteiger partial charge in [-0.15, -0.1) is 0 Å². The predicted octanol–water partition coefficient (Wildman–Crippen LogP) is 1.98. The van der Waals surface area contributed by atoms with Crippen molar-refractivity contribution in [1.82, 2.24) is 10.3 Å². The molecule has 0 unspecified atom stereocenters. The molecule has 1 amide bonds. The number of amides is 1. The van der Waals surface area contributed by atoms with Gasteiger partial charge in [-0.1, -0.05) is 11.8 Å². The smallest absolute Gasteiger partial charge is 0.355 e. The summed E-state index contributed by atoms with van der Waals surface area (Å²) in [5, 5.41) is 2.53. The summed E-state index contributed by atoms with van der Waals surface area (Å²) in [6, 6.07) is 0.943. The molecule has 6 heteroatoms. The molecule has 1 aromatic rings. The average Bonchev–Trinajstić information content (AvgIpc) is 2.27. The van der Waals surface area contributed by atoms with Gasteiger partial charge in [-0.25, -0.2) is 0 Å². The maximum Gasteiger partial charge on any atom is 0.417 e. The Balaban J connectivity index is 2.63. The van der Waals surface area contributed by atoms with Crippen LogP contribution in [-0.2, 0) is 11.0 Å². The highest BCUT2D eigenvalue weighted by molar-refractivity contribution is 5.72. The molecule has 3 nitrogen and oxygen atoms in total. The number of nitrogens with one attached hydrogen (secondary N) is 1. The molecule has 18 heavy (non-hydrogen) atoms. The van der Waals surface area contributed by atoms with Gasteiger partial charge in [0.2, 0.25) is 5.91 Å². The molecular formula is C12H11F3N2O. The van der Waals surface area contributed by atoms with Crippen LogP contribution in [0, 0.1) is 11.8 Å². The maximum atomic E-state index is 12.4. The number of pyridine rings is 1. The SMILES string of the molecule is CC(=O)NCCC#Cc1cncc(C(F)(F)F)c1. The predicted molar refractivity (Wildman–Crippen MR) is 59.4 cm³/mol. The molecule has 0 aromatic carbocycles. The second-order valence-electron chi connectivity index (χ2n) is 3.49. The van der Waals surface area contributed by atoms with E-state index >= 15 is 0 Å². The van der Waals surface area contributed by atoms with E-state index in [-0.39, 0.29) is 11.5 Å². The topological polar surface area (TPSA) is 42.0 Å². The Hall–Kier alpha value is -2.03. The zero-order valence-corrected chi connectivity index (χ0v) is 9.64. The van der Waals surface area contributed by atoms with Crippen molar-refractivity contribution in [2.75, 3.05) is 6.54 Å². The van der Waals surface area contributed by atoms with Crippen molar-refractivity contribution < 1.29 is 18.0 Å². The molecule has 0 bridgehead atoms. The largest absolute Gasteiger partial charge is 0.417 e. The molecule has 0 aliphatic rings. The number of hydrogen-bond donors (Lipinski definition) is 1. The Morgan fingerprint density at radius 3 is 2.78 bits per heavy atom. The Kier molecular flexibility index (Phi) is 4.72. The quantitative estimate of drug-likeness (QED) is 0.649. The van der Waals surface area contributed by atoms with Crippen molar-refractivity contribution in [2.45, 2.75) is 19.5 Å². The Labute approximate surface area is 102 Å². The summed E-state index contributed by atoms with van der Waals surface area (Å²) in [6.07, 6.45) is -2.03. The minimum absolute atomic E-state index is 0.169. The first kappa shape index (κ1) is 14.0. The van der Waals surface area contributed by atoms with Gasteiger partial charge in [0.1, 0.15) is 0 Å². The van der Waals surface area contributed by atoms with Crippen LogP contribution in [0.4, 0.5) is 13.2 Å². The van der Waals surface area contributed by atoms with Crippen molar-refractivity contribution in [2.24, 2.45) is 0 Å². The first-order valence-electron chi connectivity index (χ1n) is 5.15. The standard InChI is InChI=1S/C12H11F3N2O/c1-9(18)17-5-3-2-4-10-6-11(8-16-7-10)12(13,14)15/h6-8H,3,5H2,1H3,(H,17,18). The van der Waals surface area contributed by atoms with Crippen LogP contribution in [0.25, 0.3) is 0 Å². The molecule has 0 saturated heterocycles. The lowest BCUT2D eigenvalue weighted by molar-refractivity contribution is -0.137. The number of carbonyl (C=O) groups excluding carboxylic acids is 1. The molecule has 1 N–H and O–H groups in total. The zero-order valence-electron chi connectivity index (χ0n) is 9.64. The van der Waals surface area contributed by atoms with E-state index in [2.05, 4.69) is 22.1 Å². The van der Waals surface area contributed by atoms with Crippen LogP contribution in [0.15, 0.2) is 18.5 Å². The Morgan fingerprint density at radius 2 is 2.17 bits per heavy atom. The lowest BCUT2D eigenvalue weighted by Crippen LogP contribution is -2.20. The first-order chi connectivity index (χ1) is 8.39. The molecule has 0 aliphatic heterocycles.